The van der Waals surface area contributed by atoms with Crippen molar-refractivity contribution in [3.05, 3.63) is 65.7 Å². The summed E-state index contributed by atoms with van der Waals surface area (Å²) in [7, 11) is 1.66. The van der Waals surface area contributed by atoms with Crippen LogP contribution in [0.5, 0.6) is 5.75 Å². The van der Waals surface area contributed by atoms with E-state index in [9.17, 15) is 0 Å². The molecular weight excluding hydrogens is 236 g/mol. The van der Waals surface area contributed by atoms with E-state index in [1.54, 1.807) is 7.11 Å². The number of ether oxygens (including phenoxy) is 1. The van der Waals surface area contributed by atoms with Gasteiger partial charge in [0.2, 0.25) is 0 Å². The highest BCUT2D eigenvalue weighted by Crippen LogP contribution is 2.11. The molecule has 0 unspecified atom stereocenters. The fourth-order valence-corrected chi connectivity index (χ4v) is 1.74. The summed E-state index contributed by atoms with van der Waals surface area (Å²) in [6.07, 6.45) is 0. The van der Waals surface area contributed by atoms with Crippen LogP contribution in [-0.2, 0) is 6.54 Å². The van der Waals surface area contributed by atoms with Crippen LogP contribution in [0.25, 0.3) is 0 Å². The predicted octanol–water partition coefficient (Wildman–Crippen LogP) is 3.21. The van der Waals surface area contributed by atoms with E-state index in [-0.39, 0.29) is 0 Å². The number of nitrogens with zero attached hydrogens (tertiary/aromatic N) is 1. The molecule has 3 heteroatoms. The largest absolute Gasteiger partial charge is 0.497 e. The quantitative estimate of drug-likeness (QED) is 0.656. The summed E-state index contributed by atoms with van der Waals surface area (Å²) in [6, 6.07) is 18.1. The summed E-state index contributed by atoms with van der Waals surface area (Å²) in [5, 5.41) is 4.37. The topological polar surface area (TPSA) is 33.6 Å². The average molecular weight is 254 g/mol. The molecule has 0 saturated carbocycles. The Morgan fingerprint density at radius 3 is 2.37 bits per heavy atom. The Kier molecular flexibility index (Phi) is 4.56. The first-order chi connectivity index (χ1) is 9.29. The van der Waals surface area contributed by atoms with Crippen molar-refractivity contribution in [3.63, 3.8) is 0 Å². The van der Waals surface area contributed by atoms with E-state index in [4.69, 9.17) is 4.74 Å². The third-order valence-electron chi connectivity index (χ3n) is 2.88. The summed E-state index contributed by atoms with van der Waals surface area (Å²) in [5.41, 5.74) is 6.34. The highest BCUT2D eigenvalue weighted by Gasteiger charge is 1.98. The number of rotatable bonds is 5. The van der Waals surface area contributed by atoms with Gasteiger partial charge in [-0.1, -0.05) is 30.3 Å². The molecule has 0 amide bonds. The normalized spacial score (nSPS) is 11.2. The van der Waals surface area contributed by atoms with Gasteiger partial charge in [-0.05, 0) is 42.3 Å². The van der Waals surface area contributed by atoms with Crippen molar-refractivity contribution in [3.8, 4) is 5.75 Å². The second-order valence-corrected chi connectivity index (χ2v) is 4.25. The van der Waals surface area contributed by atoms with E-state index in [0.717, 1.165) is 23.6 Å². The molecule has 2 aromatic carbocycles. The van der Waals surface area contributed by atoms with Gasteiger partial charge < -0.3 is 10.2 Å². The molecule has 0 aliphatic carbocycles. The van der Waals surface area contributed by atoms with E-state index >= 15 is 0 Å². The van der Waals surface area contributed by atoms with Gasteiger partial charge in [0.1, 0.15) is 5.75 Å². The van der Waals surface area contributed by atoms with E-state index < -0.39 is 0 Å². The van der Waals surface area contributed by atoms with E-state index in [1.807, 2.05) is 49.4 Å². The van der Waals surface area contributed by atoms with E-state index in [1.165, 1.54) is 5.56 Å². The molecular formula is C16H18N2O. The molecule has 0 aromatic heterocycles. The number of nitrogens with one attached hydrogen (secondary N) is 1. The molecule has 0 fully saturated rings. The standard InChI is InChI=1S/C16H18N2O/c1-13(15-8-10-16(19-2)11-9-15)18-17-12-14-6-4-3-5-7-14/h3-11,17H,12H2,1-2H3. The maximum absolute atomic E-state index is 5.13. The molecule has 19 heavy (non-hydrogen) atoms. The molecule has 3 nitrogen and oxygen atoms in total. The minimum atomic E-state index is 0.730. The molecule has 0 radical (unpaired) electrons. The summed E-state index contributed by atoms with van der Waals surface area (Å²) >= 11 is 0. The highest BCUT2D eigenvalue weighted by atomic mass is 16.5. The number of methoxy groups -OCH3 is 1. The molecule has 0 heterocycles. The van der Waals surface area contributed by atoms with Gasteiger partial charge in [-0.2, -0.15) is 5.10 Å². The zero-order valence-electron chi connectivity index (χ0n) is 11.3. The van der Waals surface area contributed by atoms with Crippen molar-refractivity contribution in [1.29, 1.82) is 0 Å². The van der Waals surface area contributed by atoms with Crippen LogP contribution in [0.1, 0.15) is 18.1 Å². The van der Waals surface area contributed by atoms with Crippen molar-refractivity contribution in [1.82, 2.24) is 5.43 Å². The van der Waals surface area contributed by atoms with Crippen molar-refractivity contribution in [2.24, 2.45) is 5.10 Å². The van der Waals surface area contributed by atoms with Crippen LogP contribution < -0.4 is 10.2 Å². The Morgan fingerprint density at radius 1 is 1.05 bits per heavy atom. The Bertz CT molecular complexity index is 532. The predicted molar refractivity (Wildman–Crippen MR) is 78.5 cm³/mol. The van der Waals surface area contributed by atoms with Crippen LogP contribution in [0.2, 0.25) is 0 Å². The van der Waals surface area contributed by atoms with Gasteiger partial charge in [0.15, 0.2) is 0 Å². The van der Waals surface area contributed by atoms with Gasteiger partial charge in [-0.25, -0.2) is 0 Å². The second kappa shape index (κ2) is 6.59. The molecule has 2 rings (SSSR count). The fourth-order valence-electron chi connectivity index (χ4n) is 1.74. The number of hydrogen-bond donors (Lipinski definition) is 1. The summed E-state index contributed by atoms with van der Waals surface area (Å²) in [5.74, 6) is 0.855. The first-order valence-electron chi connectivity index (χ1n) is 6.25. The lowest BCUT2D eigenvalue weighted by atomic mass is 10.1. The first-order valence-corrected chi connectivity index (χ1v) is 6.25. The van der Waals surface area contributed by atoms with Crippen LogP contribution in [0.3, 0.4) is 0 Å². The minimum absolute atomic E-state index is 0.730. The van der Waals surface area contributed by atoms with Crippen molar-refractivity contribution >= 4 is 5.71 Å². The molecule has 0 spiro atoms. The van der Waals surface area contributed by atoms with Crippen molar-refractivity contribution in [2.75, 3.05) is 7.11 Å². The molecule has 0 aliphatic rings. The Hall–Kier alpha value is -2.29. The smallest absolute Gasteiger partial charge is 0.118 e. The lowest BCUT2D eigenvalue weighted by Gasteiger charge is -2.05. The first kappa shape index (κ1) is 13.1. The van der Waals surface area contributed by atoms with Gasteiger partial charge in [0.25, 0.3) is 0 Å². The van der Waals surface area contributed by atoms with Gasteiger partial charge in [0.05, 0.1) is 19.4 Å². The highest BCUT2D eigenvalue weighted by molar-refractivity contribution is 5.98. The molecule has 0 bridgehead atoms. The maximum atomic E-state index is 5.13. The minimum Gasteiger partial charge on any atom is -0.497 e. The van der Waals surface area contributed by atoms with E-state index in [0.29, 0.717) is 0 Å². The lowest BCUT2D eigenvalue weighted by Crippen LogP contribution is -2.09. The number of hydrazone groups is 1. The maximum Gasteiger partial charge on any atom is 0.118 e. The van der Waals surface area contributed by atoms with Crippen LogP contribution in [0, 0.1) is 0 Å². The van der Waals surface area contributed by atoms with Crippen LogP contribution >= 0.6 is 0 Å². The van der Waals surface area contributed by atoms with Gasteiger partial charge in [-0.3, -0.25) is 0 Å². The molecule has 98 valence electrons. The molecule has 0 atom stereocenters. The van der Waals surface area contributed by atoms with Crippen LogP contribution in [0.15, 0.2) is 59.7 Å². The summed E-state index contributed by atoms with van der Waals surface area (Å²) < 4.78 is 5.13. The Balaban J connectivity index is 1.94. The van der Waals surface area contributed by atoms with Gasteiger partial charge in [-0.15, -0.1) is 0 Å². The SMILES string of the molecule is COc1ccc(C(C)=NNCc2ccccc2)cc1. The molecule has 1 N–H and O–H groups in total. The monoisotopic (exact) mass is 254 g/mol. The van der Waals surface area contributed by atoms with Gasteiger partial charge >= 0.3 is 0 Å². The zero-order chi connectivity index (χ0) is 13.5. The fraction of sp³-hybridized carbons (Fsp3) is 0.188. The van der Waals surface area contributed by atoms with E-state index in [2.05, 4.69) is 22.7 Å². The summed E-state index contributed by atoms with van der Waals surface area (Å²) in [6.45, 7) is 2.72. The van der Waals surface area contributed by atoms with Crippen LogP contribution in [-0.4, -0.2) is 12.8 Å². The summed E-state index contributed by atoms with van der Waals surface area (Å²) in [4.78, 5) is 0. The Labute approximate surface area is 113 Å². The van der Waals surface area contributed by atoms with Crippen LogP contribution in [0.4, 0.5) is 0 Å². The lowest BCUT2D eigenvalue weighted by molar-refractivity contribution is 0.415. The Morgan fingerprint density at radius 2 is 1.74 bits per heavy atom. The third-order valence-corrected chi connectivity index (χ3v) is 2.88. The molecule has 0 saturated heterocycles. The number of hydrogen-bond acceptors (Lipinski definition) is 3. The molecule has 0 aliphatic heterocycles. The number of benzene rings is 2. The van der Waals surface area contributed by atoms with Gasteiger partial charge in [0, 0.05) is 0 Å². The average Bonchev–Trinajstić information content (AvgIpc) is 2.48. The van der Waals surface area contributed by atoms with Crippen molar-refractivity contribution in [2.45, 2.75) is 13.5 Å². The van der Waals surface area contributed by atoms with Crippen molar-refractivity contribution < 1.29 is 4.74 Å². The zero-order valence-corrected chi connectivity index (χ0v) is 11.3. The second-order valence-electron chi connectivity index (χ2n) is 4.25. The third kappa shape index (κ3) is 3.85. The molecule has 2 aromatic rings.